The Balaban J connectivity index is 0.000000704. The predicted octanol–water partition coefficient (Wildman–Crippen LogP) is 5.88. The molecular formula is C24H26. The number of benzene rings is 2. The molecule has 0 aliphatic heterocycles. The summed E-state index contributed by atoms with van der Waals surface area (Å²) in [5.41, 5.74) is 6.64. The minimum Gasteiger partial charge on any atom is -0.0799 e. The summed E-state index contributed by atoms with van der Waals surface area (Å²) < 4.78 is 0. The van der Waals surface area contributed by atoms with Crippen LogP contribution in [0.3, 0.4) is 0 Å². The van der Waals surface area contributed by atoms with E-state index in [-0.39, 0.29) is 0 Å². The first-order valence-corrected chi connectivity index (χ1v) is 9.35. The molecule has 0 fully saturated rings. The third kappa shape index (κ3) is 2.28. The van der Waals surface area contributed by atoms with Crippen molar-refractivity contribution in [1.29, 1.82) is 0 Å². The minimum absolute atomic E-state index is 0.379. The summed E-state index contributed by atoms with van der Waals surface area (Å²) in [5.74, 6) is 1.20. The lowest BCUT2D eigenvalue weighted by molar-refractivity contribution is 0.178. The first kappa shape index (κ1) is 15.4. The second kappa shape index (κ2) is 6.09. The van der Waals surface area contributed by atoms with E-state index >= 15 is 0 Å². The van der Waals surface area contributed by atoms with E-state index in [4.69, 9.17) is 0 Å². The highest BCUT2D eigenvalue weighted by atomic mass is 14.5. The number of fused-ring (bicyclic) bond motifs is 5. The lowest BCUT2D eigenvalue weighted by atomic mass is 9.57. The summed E-state index contributed by atoms with van der Waals surface area (Å²) >= 11 is 0. The molecule has 24 heavy (non-hydrogen) atoms. The summed E-state index contributed by atoms with van der Waals surface area (Å²) in [7, 11) is 0. The second-order valence-corrected chi connectivity index (χ2v) is 7.18. The topological polar surface area (TPSA) is 0 Å². The second-order valence-electron chi connectivity index (χ2n) is 7.18. The normalized spacial score (nSPS) is 24.6. The van der Waals surface area contributed by atoms with Crippen molar-refractivity contribution in [3.05, 3.63) is 95.1 Å². The van der Waals surface area contributed by atoms with Gasteiger partial charge in [0.1, 0.15) is 0 Å². The Hall–Kier alpha value is -2.08. The van der Waals surface area contributed by atoms with Gasteiger partial charge in [0.15, 0.2) is 0 Å². The lowest BCUT2D eigenvalue weighted by Crippen LogP contribution is -2.40. The minimum atomic E-state index is 0.379. The van der Waals surface area contributed by atoms with Crippen LogP contribution in [0.1, 0.15) is 42.0 Å². The SMILES string of the molecule is C1=CC2c3ccccc3CC3(Cc4ccccc4C3)C2C=C1.CC. The molecule has 122 valence electrons. The van der Waals surface area contributed by atoms with Crippen LogP contribution in [0.15, 0.2) is 72.8 Å². The molecule has 0 amide bonds. The summed E-state index contributed by atoms with van der Waals surface area (Å²) in [6.07, 6.45) is 13.1. The Morgan fingerprint density at radius 1 is 0.708 bits per heavy atom. The highest BCUT2D eigenvalue weighted by Gasteiger charge is 2.48. The highest BCUT2D eigenvalue weighted by molar-refractivity contribution is 5.46. The largest absolute Gasteiger partial charge is 0.0799 e. The van der Waals surface area contributed by atoms with Gasteiger partial charge in [-0.15, -0.1) is 0 Å². The molecule has 2 aromatic carbocycles. The lowest BCUT2D eigenvalue weighted by Gasteiger charge is -2.46. The van der Waals surface area contributed by atoms with Gasteiger partial charge in [-0.2, -0.15) is 0 Å². The third-order valence-corrected chi connectivity index (χ3v) is 6.00. The molecule has 3 aliphatic carbocycles. The van der Waals surface area contributed by atoms with Crippen molar-refractivity contribution < 1.29 is 0 Å². The van der Waals surface area contributed by atoms with Gasteiger partial charge in [-0.25, -0.2) is 0 Å². The highest BCUT2D eigenvalue weighted by Crippen LogP contribution is 2.55. The van der Waals surface area contributed by atoms with Crippen molar-refractivity contribution >= 4 is 0 Å². The van der Waals surface area contributed by atoms with Crippen molar-refractivity contribution in [1.82, 2.24) is 0 Å². The van der Waals surface area contributed by atoms with Gasteiger partial charge in [0.25, 0.3) is 0 Å². The van der Waals surface area contributed by atoms with Crippen molar-refractivity contribution in [2.45, 2.75) is 39.0 Å². The molecule has 2 unspecified atom stereocenters. The van der Waals surface area contributed by atoms with Crippen LogP contribution in [-0.4, -0.2) is 0 Å². The standard InChI is InChI=1S/C22H20.C2H6/c1-2-8-17-14-22(13-16(17)7-1)15-18-9-3-4-10-19(18)20-11-5-6-12-21(20)22;1-2/h1-12,20-21H,13-15H2;1-2H3. The van der Waals surface area contributed by atoms with Gasteiger partial charge in [-0.1, -0.05) is 86.7 Å². The van der Waals surface area contributed by atoms with Crippen LogP contribution in [0.25, 0.3) is 0 Å². The zero-order valence-corrected chi connectivity index (χ0v) is 14.7. The molecule has 0 N–H and O–H groups in total. The van der Waals surface area contributed by atoms with E-state index in [0.29, 0.717) is 17.3 Å². The third-order valence-electron chi connectivity index (χ3n) is 6.00. The van der Waals surface area contributed by atoms with Crippen molar-refractivity contribution in [3.63, 3.8) is 0 Å². The van der Waals surface area contributed by atoms with Gasteiger partial charge >= 0.3 is 0 Å². The van der Waals surface area contributed by atoms with E-state index in [1.807, 2.05) is 13.8 Å². The maximum atomic E-state index is 2.48. The molecule has 5 rings (SSSR count). The smallest absolute Gasteiger partial charge is 0.00924 e. The first-order valence-electron chi connectivity index (χ1n) is 9.35. The Labute approximate surface area is 145 Å². The average Bonchev–Trinajstić information content (AvgIpc) is 3.02. The molecule has 0 aromatic heterocycles. The van der Waals surface area contributed by atoms with Crippen LogP contribution in [0.4, 0.5) is 0 Å². The fourth-order valence-electron chi connectivity index (χ4n) is 5.09. The zero-order valence-electron chi connectivity index (χ0n) is 14.7. The zero-order chi connectivity index (χ0) is 16.6. The van der Waals surface area contributed by atoms with Gasteiger partial charge in [-0.3, -0.25) is 0 Å². The molecule has 0 saturated heterocycles. The van der Waals surface area contributed by atoms with Crippen LogP contribution < -0.4 is 0 Å². The van der Waals surface area contributed by atoms with Gasteiger partial charge in [0.2, 0.25) is 0 Å². The van der Waals surface area contributed by atoms with E-state index in [0.717, 1.165) is 0 Å². The van der Waals surface area contributed by atoms with Crippen LogP contribution in [-0.2, 0) is 19.3 Å². The molecule has 0 heteroatoms. The Kier molecular flexibility index (Phi) is 3.92. The molecule has 3 aliphatic rings. The first-order chi connectivity index (χ1) is 11.9. The van der Waals surface area contributed by atoms with Gasteiger partial charge in [0.05, 0.1) is 0 Å². The molecule has 0 saturated carbocycles. The molecule has 0 heterocycles. The van der Waals surface area contributed by atoms with Crippen molar-refractivity contribution in [2.75, 3.05) is 0 Å². The molecule has 0 bridgehead atoms. The van der Waals surface area contributed by atoms with E-state index in [9.17, 15) is 0 Å². The van der Waals surface area contributed by atoms with Crippen LogP contribution in [0.5, 0.6) is 0 Å². The monoisotopic (exact) mass is 314 g/mol. The molecular weight excluding hydrogens is 288 g/mol. The predicted molar refractivity (Wildman–Crippen MR) is 102 cm³/mol. The maximum Gasteiger partial charge on any atom is 0.00924 e. The van der Waals surface area contributed by atoms with E-state index in [2.05, 4.69) is 72.8 Å². The fraction of sp³-hybridized carbons (Fsp3) is 0.333. The van der Waals surface area contributed by atoms with E-state index < -0.39 is 0 Å². The number of allylic oxidation sites excluding steroid dienone is 4. The molecule has 0 radical (unpaired) electrons. The molecule has 2 atom stereocenters. The Morgan fingerprint density at radius 3 is 1.96 bits per heavy atom. The number of rotatable bonds is 0. The number of hydrogen-bond donors (Lipinski definition) is 0. The van der Waals surface area contributed by atoms with Gasteiger partial charge in [-0.05, 0) is 52.8 Å². The quantitative estimate of drug-likeness (QED) is 0.569. The van der Waals surface area contributed by atoms with Crippen LogP contribution in [0, 0.1) is 11.3 Å². The molecule has 2 aromatic rings. The summed E-state index contributed by atoms with van der Waals surface area (Å²) in [6, 6.07) is 18.2. The van der Waals surface area contributed by atoms with Crippen LogP contribution >= 0.6 is 0 Å². The maximum absolute atomic E-state index is 2.48. The number of hydrogen-bond acceptors (Lipinski definition) is 0. The van der Waals surface area contributed by atoms with Crippen molar-refractivity contribution in [2.24, 2.45) is 11.3 Å². The van der Waals surface area contributed by atoms with Gasteiger partial charge < -0.3 is 0 Å². The summed E-state index contributed by atoms with van der Waals surface area (Å²) in [6.45, 7) is 4.00. The van der Waals surface area contributed by atoms with Crippen molar-refractivity contribution in [3.8, 4) is 0 Å². The van der Waals surface area contributed by atoms with Crippen LogP contribution in [0.2, 0.25) is 0 Å². The van der Waals surface area contributed by atoms with E-state index in [1.54, 1.807) is 22.3 Å². The molecule has 0 nitrogen and oxygen atoms in total. The Morgan fingerprint density at radius 2 is 1.25 bits per heavy atom. The molecule has 1 spiro atoms. The summed E-state index contributed by atoms with van der Waals surface area (Å²) in [5, 5.41) is 0. The fourth-order valence-corrected chi connectivity index (χ4v) is 5.09. The van der Waals surface area contributed by atoms with E-state index in [1.165, 1.54) is 19.3 Å². The van der Waals surface area contributed by atoms with Gasteiger partial charge in [0, 0.05) is 5.92 Å². The average molecular weight is 314 g/mol. The Bertz CT molecular complexity index is 768. The summed E-state index contributed by atoms with van der Waals surface area (Å²) in [4.78, 5) is 0.